The van der Waals surface area contributed by atoms with Gasteiger partial charge in [0.25, 0.3) is 0 Å². The summed E-state index contributed by atoms with van der Waals surface area (Å²) in [6.45, 7) is 4.37. The maximum absolute atomic E-state index is 14.4. The number of anilines is 1. The summed E-state index contributed by atoms with van der Waals surface area (Å²) in [5.74, 6) is -0.110. The van der Waals surface area contributed by atoms with Crippen molar-refractivity contribution in [2.45, 2.75) is 25.5 Å². The van der Waals surface area contributed by atoms with E-state index in [4.69, 9.17) is 5.10 Å². The van der Waals surface area contributed by atoms with E-state index in [1.165, 1.54) is 28.8 Å². The summed E-state index contributed by atoms with van der Waals surface area (Å²) in [5, 5.41) is 7.57. The second kappa shape index (κ2) is 11.2. The Bertz CT molecular complexity index is 1470. The molecule has 1 aliphatic heterocycles. The molecule has 1 N–H and O–H groups in total. The molecule has 2 heterocycles. The summed E-state index contributed by atoms with van der Waals surface area (Å²) >= 11 is 1.42. The lowest BCUT2D eigenvalue weighted by molar-refractivity contribution is -0.122. The number of aryl methyl sites for hydroxylation is 1. The van der Waals surface area contributed by atoms with E-state index in [0.717, 1.165) is 34.4 Å². The number of nitrogens with one attached hydrogen (secondary N) is 1. The van der Waals surface area contributed by atoms with E-state index < -0.39 is 0 Å². The van der Waals surface area contributed by atoms with Gasteiger partial charge in [-0.15, -0.1) is 11.8 Å². The Hall–Kier alpha value is -3.91. The molecule has 0 bridgehead atoms. The SMILES string of the molecule is CCCNC(=O)CN1C(=O)CS[C@@H](c2cccc(F)c2)c2c(-c3ccccc3)nn(-c3cccc(C)c3)c21. The molecule has 0 aliphatic carbocycles. The number of halogens is 1. The summed E-state index contributed by atoms with van der Waals surface area (Å²) in [6, 6.07) is 24.1. The molecule has 1 aliphatic rings. The molecule has 194 valence electrons. The molecule has 0 unspecified atom stereocenters. The van der Waals surface area contributed by atoms with E-state index in [9.17, 15) is 14.0 Å². The lowest BCUT2D eigenvalue weighted by Gasteiger charge is -2.23. The van der Waals surface area contributed by atoms with Crippen LogP contribution in [0.1, 0.15) is 35.3 Å². The first-order chi connectivity index (χ1) is 18.5. The zero-order valence-corrected chi connectivity index (χ0v) is 22.2. The molecule has 6 nitrogen and oxygen atoms in total. The Morgan fingerprint density at radius 1 is 1.08 bits per heavy atom. The van der Waals surface area contributed by atoms with Crippen LogP contribution in [0.4, 0.5) is 10.2 Å². The van der Waals surface area contributed by atoms with E-state index >= 15 is 0 Å². The second-order valence-electron chi connectivity index (χ2n) is 9.28. The number of benzene rings is 3. The molecule has 4 aromatic rings. The first-order valence-electron chi connectivity index (χ1n) is 12.7. The first kappa shape index (κ1) is 25.7. The predicted octanol–water partition coefficient (Wildman–Crippen LogP) is 5.68. The van der Waals surface area contributed by atoms with Crippen LogP contribution in [0.3, 0.4) is 0 Å². The maximum atomic E-state index is 14.4. The molecule has 0 saturated heterocycles. The van der Waals surface area contributed by atoms with Gasteiger partial charge in [-0.05, 0) is 48.7 Å². The van der Waals surface area contributed by atoms with Crippen molar-refractivity contribution in [2.24, 2.45) is 0 Å². The molecule has 0 saturated carbocycles. The Morgan fingerprint density at radius 3 is 2.61 bits per heavy atom. The Balaban J connectivity index is 1.79. The third kappa shape index (κ3) is 5.22. The van der Waals surface area contributed by atoms with Gasteiger partial charge in [0.1, 0.15) is 18.2 Å². The van der Waals surface area contributed by atoms with Gasteiger partial charge in [-0.25, -0.2) is 9.07 Å². The smallest absolute Gasteiger partial charge is 0.240 e. The summed E-state index contributed by atoms with van der Waals surface area (Å²) in [7, 11) is 0. The number of amides is 2. The van der Waals surface area contributed by atoms with E-state index in [-0.39, 0.29) is 35.2 Å². The largest absolute Gasteiger partial charge is 0.355 e. The van der Waals surface area contributed by atoms with Gasteiger partial charge in [0.05, 0.1) is 22.4 Å². The lowest BCUT2D eigenvalue weighted by atomic mass is 9.99. The average molecular weight is 529 g/mol. The Labute approximate surface area is 225 Å². The summed E-state index contributed by atoms with van der Waals surface area (Å²) in [4.78, 5) is 28.1. The van der Waals surface area contributed by atoms with Crippen molar-refractivity contribution < 1.29 is 14.0 Å². The van der Waals surface area contributed by atoms with Crippen LogP contribution >= 0.6 is 11.8 Å². The first-order valence-corrected chi connectivity index (χ1v) is 13.7. The standard InChI is InChI=1S/C30H29FN4O2S/c1-3-15-32-25(36)18-34-26(37)19-38-29(22-12-8-13-23(31)17-22)27-28(21-10-5-4-6-11-21)33-35(30(27)34)24-14-7-9-20(2)16-24/h4-14,16-17,29H,3,15,18-19H2,1-2H3,(H,32,36)/t29-/m0/s1. The van der Waals surface area contributed by atoms with Crippen molar-refractivity contribution in [2.75, 3.05) is 23.7 Å². The molecule has 3 aromatic carbocycles. The van der Waals surface area contributed by atoms with E-state index in [1.54, 1.807) is 10.7 Å². The molecule has 5 rings (SSSR count). The van der Waals surface area contributed by atoms with Gasteiger partial charge in [-0.1, -0.05) is 61.5 Å². The molecular weight excluding hydrogens is 499 g/mol. The Morgan fingerprint density at radius 2 is 1.87 bits per heavy atom. The van der Waals surface area contributed by atoms with Gasteiger partial charge < -0.3 is 5.32 Å². The number of hydrogen-bond acceptors (Lipinski definition) is 4. The van der Waals surface area contributed by atoms with Crippen molar-refractivity contribution in [1.82, 2.24) is 15.1 Å². The quantitative estimate of drug-likeness (QED) is 0.335. The van der Waals surface area contributed by atoms with Crippen molar-refractivity contribution in [3.63, 3.8) is 0 Å². The topological polar surface area (TPSA) is 67.2 Å². The Kier molecular flexibility index (Phi) is 7.60. The molecular formula is C30H29FN4O2S. The zero-order valence-electron chi connectivity index (χ0n) is 21.4. The average Bonchev–Trinajstić information content (AvgIpc) is 3.25. The van der Waals surface area contributed by atoms with Crippen molar-refractivity contribution in [3.05, 3.63) is 101 Å². The molecule has 1 aromatic heterocycles. The molecule has 38 heavy (non-hydrogen) atoms. The van der Waals surface area contributed by atoms with Crippen LogP contribution in [0.2, 0.25) is 0 Å². The number of carbonyl (C=O) groups is 2. The van der Waals surface area contributed by atoms with Crippen molar-refractivity contribution >= 4 is 29.4 Å². The number of carbonyl (C=O) groups excluding carboxylic acids is 2. The van der Waals surface area contributed by atoms with Gasteiger partial charge in [0.15, 0.2) is 0 Å². The molecule has 0 fully saturated rings. The minimum Gasteiger partial charge on any atom is -0.355 e. The highest BCUT2D eigenvalue weighted by atomic mass is 32.2. The fraction of sp³-hybridized carbons (Fsp3) is 0.233. The predicted molar refractivity (Wildman–Crippen MR) is 150 cm³/mol. The van der Waals surface area contributed by atoms with Crippen LogP contribution in [-0.2, 0) is 9.59 Å². The van der Waals surface area contributed by atoms with Crippen LogP contribution in [0.25, 0.3) is 16.9 Å². The number of nitrogens with zero attached hydrogens (tertiary/aromatic N) is 3. The monoisotopic (exact) mass is 528 g/mol. The van der Waals surface area contributed by atoms with E-state index in [2.05, 4.69) is 5.32 Å². The highest BCUT2D eigenvalue weighted by molar-refractivity contribution is 8.00. The third-order valence-electron chi connectivity index (χ3n) is 6.41. The maximum Gasteiger partial charge on any atom is 0.240 e. The van der Waals surface area contributed by atoms with Crippen LogP contribution in [-0.4, -0.2) is 40.4 Å². The fourth-order valence-corrected chi connectivity index (χ4v) is 5.85. The number of hydrogen-bond donors (Lipinski definition) is 1. The molecule has 1 atom stereocenters. The molecule has 0 radical (unpaired) electrons. The minimum atomic E-state index is -0.373. The van der Waals surface area contributed by atoms with Crippen LogP contribution < -0.4 is 10.2 Å². The number of fused-ring (bicyclic) bond motifs is 1. The summed E-state index contributed by atoms with van der Waals surface area (Å²) in [5.41, 5.74) is 4.90. The van der Waals surface area contributed by atoms with Gasteiger partial charge in [0.2, 0.25) is 11.8 Å². The minimum absolute atomic E-state index is 0.131. The highest BCUT2D eigenvalue weighted by Crippen LogP contribution is 2.48. The normalized spacial score (nSPS) is 15.2. The van der Waals surface area contributed by atoms with Gasteiger partial charge in [-0.2, -0.15) is 5.10 Å². The van der Waals surface area contributed by atoms with Gasteiger partial charge >= 0.3 is 0 Å². The molecule has 8 heteroatoms. The van der Waals surface area contributed by atoms with Crippen LogP contribution in [0, 0.1) is 12.7 Å². The fourth-order valence-electron chi connectivity index (χ4n) is 4.66. The van der Waals surface area contributed by atoms with Crippen molar-refractivity contribution in [3.8, 4) is 16.9 Å². The van der Waals surface area contributed by atoms with Gasteiger partial charge in [0, 0.05) is 17.7 Å². The zero-order chi connectivity index (χ0) is 26.6. The molecule has 0 spiro atoms. The number of aromatic nitrogens is 2. The number of rotatable bonds is 7. The van der Waals surface area contributed by atoms with E-state index in [0.29, 0.717) is 18.1 Å². The lowest BCUT2D eigenvalue weighted by Crippen LogP contribution is -2.42. The van der Waals surface area contributed by atoms with Crippen LogP contribution in [0.15, 0.2) is 78.9 Å². The van der Waals surface area contributed by atoms with Crippen molar-refractivity contribution in [1.29, 1.82) is 0 Å². The molecule has 2 amide bonds. The van der Waals surface area contributed by atoms with Gasteiger partial charge in [-0.3, -0.25) is 14.5 Å². The highest BCUT2D eigenvalue weighted by Gasteiger charge is 2.37. The number of thioether (sulfide) groups is 1. The summed E-state index contributed by atoms with van der Waals surface area (Å²) in [6.07, 6.45) is 0.793. The third-order valence-corrected chi connectivity index (χ3v) is 7.66. The summed E-state index contributed by atoms with van der Waals surface area (Å²) < 4.78 is 16.2. The van der Waals surface area contributed by atoms with E-state index in [1.807, 2.05) is 74.5 Å². The van der Waals surface area contributed by atoms with Crippen LogP contribution in [0.5, 0.6) is 0 Å². The second-order valence-corrected chi connectivity index (χ2v) is 10.4.